The summed E-state index contributed by atoms with van der Waals surface area (Å²) in [6.07, 6.45) is -5.61. The number of benzene rings is 1. The van der Waals surface area contributed by atoms with E-state index in [-0.39, 0.29) is 5.75 Å². The van der Waals surface area contributed by atoms with Crippen LogP contribution in [0.3, 0.4) is 0 Å². The van der Waals surface area contributed by atoms with E-state index in [1.165, 1.54) is 13.0 Å². The summed E-state index contributed by atoms with van der Waals surface area (Å²) < 4.78 is 41.2. The molecule has 0 radical (unpaired) electrons. The zero-order chi connectivity index (χ0) is 11.6. The second kappa shape index (κ2) is 3.80. The van der Waals surface area contributed by atoms with Crippen LogP contribution in [-0.4, -0.2) is 6.09 Å². The van der Waals surface area contributed by atoms with Gasteiger partial charge < -0.3 is 10.5 Å². The second-order valence-electron chi connectivity index (χ2n) is 2.90. The van der Waals surface area contributed by atoms with Gasteiger partial charge in [-0.15, -0.1) is 0 Å². The molecule has 1 rings (SSSR count). The van der Waals surface area contributed by atoms with Crippen molar-refractivity contribution in [3.05, 3.63) is 29.3 Å². The zero-order valence-electron chi connectivity index (χ0n) is 7.76. The maximum Gasteiger partial charge on any atom is 0.416 e. The maximum atomic E-state index is 12.3. The minimum absolute atomic E-state index is 0.183. The van der Waals surface area contributed by atoms with Crippen LogP contribution in [-0.2, 0) is 6.18 Å². The molecule has 0 spiro atoms. The predicted octanol–water partition coefficient (Wildman–Crippen LogP) is 2.47. The van der Waals surface area contributed by atoms with Gasteiger partial charge in [0.15, 0.2) is 0 Å². The highest BCUT2D eigenvalue weighted by atomic mass is 19.4. The largest absolute Gasteiger partial charge is 0.416 e. The summed E-state index contributed by atoms with van der Waals surface area (Å²) in [5.74, 6) is -0.183. The number of hydrogen-bond donors (Lipinski definition) is 1. The molecule has 0 fully saturated rings. The minimum Gasteiger partial charge on any atom is -0.410 e. The van der Waals surface area contributed by atoms with Crippen molar-refractivity contribution in [3.63, 3.8) is 0 Å². The molecule has 82 valence electrons. The van der Waals surface area contributed by atoms with Crippen LogP contribution in [0.5, 0.6) is 5.75 Å². The Morgan fingerprint density at radius 1 is 1.40 bits per heavy atom. The highest BCUT2D eigenvalue weighted by molar-refractivity contribution is 5.68. The highest BCUT2D eigenvalue weighted by Crippen LogP contribution is 2.32. The third-order valence-electron chi connectivity index (χ3n) is 1.73. The topological polar surface area (TPSA) is 52.3 Å². The number of ether oxygens (including phenoxy) is 1. The number of primary amides is 1. The van der Waals surface area contributed by atoms with Crippen LogP contribution < -0.4 is 10.5 Å². The van der Waals surface area contributed by atoms with Gasteiger partial charge in [0.05, 0.1) is 5.56 Å². The summed E-state index contributed by atoms with van der Waals surface area (Å²) in [6.45, 7) is 1.51. The summed E-state index contributed by atoms with van der Waals surface area (Å²) in [4.78, 5) is 10.4. The van der Waals surface area contributed by atoms with Gasteiger partial charge in [0.1, 0.15) is 5.75 Å². The van der Waals surface area contributed by atoms with Gasteiger partial charge in [0, 0.05) is 0 Å². The monoisotopic (exact) mass is 219 g/mol. The quantitative estimate of drug-likeness (QED) is 0.788. The summed E-state index contributed by atoms with van der Waals surface area (Å²) in [7, 11) is 0. The van der Waals surface area contributed by atoms with Crippen LogP contribution in [0.15, 0.2) is 18.2 Å². The first-order valence-electron chi connectivity index (χ1n) is 3.96. The predicted molar refractivity (Wildman–Crippen MR) is 46.4 cm³/mol. The van der Waals surface area contributed by atoms with E-state index in [2.05, 4.69) is 4.74 Å². The average Bonchev–Trinajstić information content (AvgIpc) is 2.06. The molecular formula is C9H8F3NO2. The van der Waals surface area contributed by atoms with Crippen LogP contribution in [0, 0.1) is 6.92 Å². The number of halogens is 3. The fourth-order valence-electron chi connectivity index (χ4n) is 0.995. The normalized spacial score (nSPS) is 11.2. The van der Waals surface area contributed by atoms with Crippen molar-refractivity contribution < 1.29 is 22.7 Å². The fraction of sp³-hybridized carbons (Fsp3) is 0.222. The van der Waals surface area contributed by atoms with Crippen LogP contribution in [0.4, 0.5) is 18.0 Å². The van der Waals surface area contributed by atoms with Crippen molar-refractivity contribution in [2.45, 2.75) is 13.1 Å². The lowest BCUT2D eigenvalue weighted by Crippen LogP contribution is -2.17. The summed E-state index contributed by atoms with van der Waals surface area (Å²) >= 11 is 0. The van der Waals surface area contributed by atoms with Gasteiger partial charge in [0.25, 0.3) is 0 Å². The molecule has 6 heteroatoms. The molecule has 0 aromatic heterocycles. The number of rotatable bonds is 1. The number of amides is 1. The van der Waals surface area contributed by atoms with Crippen LogP contribution >= 0.6 is 0 Å². The molecule has 0 aliphatic heterocycles. The Labute approximate surface area is 83.6 Å². The molecule has 2 N–H and O–H groups in total. The molecule has 1 aromatic carbocycles. The number of carbonyl (C=O) groups excluding carboxylic acids is 1. The van der Waals surface area contributed by atoms with E-state index < -0.39 is 17.8 Å². The van der Waals surface area contributed by atoms with Crippen LogP contribution in [0.1, 0.15) is 11.1 Å². The SMILES string of the molecule is Cc1ccc(C(F)(F)F)cc1OC(N)=O. The van der Waals surface area contributed by atoms with Crippen molar-refractivity contribution in [1.82, 2.24) is 0 Å². The van der Waals surface area contributed by atoms with Crippen molar-refractivity contribution in [2.24, 2.45) is 5.73 Å². The Kier molecular flexibility index (Phi) is 2.88. The van der Waals surface area contributed by atoms with Crippen LogP contribution in [0.2, 0.25) is 0 Å². The second-order valence-corrected chi connectivity index (χ2v) is 2.90. The number of carbonyl (C=O) groups is 1. The maximum absolute atomic E-state index is 12.3. The Morgan fingerprint density at radius 3 is 2.47 bits per heavy atom. The fourth-order valence-corrected chi connectivity index (χ4v) is 0.995. The van der Waals surface area contributed by atoms with E-state index in [4.69, 9.17) is 5.73 Å². The van der Waals surface area contributed by atoms with Crippen molar-refractivity contribution in [3.8, 4) is 5.75 Å². The number of nitrogens with two attached hydrogens (primary N) is 1. The third-order valence-corrected chi connectivity index (χ3v) is 1.73. The highest BCUT2D eigenvalue weighted by Gasteiger charge is 2.31. The van der Waals surface area contributed by atoms with Crippen molar-refractivity contribution >= 4 is 6.09 Å². The molecule has 0 aliphatic rings. The van der Waals surface area contributed by atoms with E-state index in [9.17, 15) is 18.0 Å². The molecule has 0 saturated carbocycles. The van der Waals surface area contributed by atoms with Gasteiger partial charge in [-0.05, 0) is 24.6 Å². The minimum atomic E-state index is -4.47. The summed E-state index contributed by atoms with van der Waals surface area (Å²) in [5.41, 5.74) is 4.23. The molecule has 0 unspecified atom stereocenters. The van der Waals surface area contributed by atoms with Gasteiger partial charge in [-0.25, -0.2) is 4.79 Å². The standard InChI is InChI=1S/C9H8F3NO2/c1-5-2-3-6(9(10,11)12)4-7(5)15-8(13)14/h2-4H,1H3,(H2,13,14). The molecule has 1 amide bonds. The molecule has 0 atom stereocenters. The molecule has 15 heavy (non-hydrogen) atoms. The van der Waals surface area contributed by atoms with E-state index in [0.29, 0.717) is 5.56 Å². The smallest absolute Gasteiger partial charge is 0.410 e. The molecule has 0 aliphatic carbocycles. The zero-order valence-corrected chi connectivity index (χ0v) is 7.76. The lowest BCUT2D eigenvalue weighted by atomic mass is 10.1. The molecule has 3 nitrogen and oxygen atoms in total. The first-order valence-corrected chi connectivity index (χ1v) is 3.96. The van der Waals surface area contributed by atoms with E-state index in [0.717, 1.165) is 12.1 Å². The van der Waals surface area contributed by atoms with E-state index in [1.54, 1.807) is 0 Å². The Bertz CT molecular complexity index is 387. The molecule has 0 saturated heterocycles. The van der Waals surface area contributed by atoms with Crippen LogP contribution in [0.25, 0.3) is 0 Å². The van der Waals surface area contributed by atoms with E-state index >= 15 is 0 Å². The molecular weight excluding hydrogens is 211 g/mol. The lowest BCUT2D eigenvalue weighted by Gasteiger charge is -2.10. The Hall–Kier alpha value is -1.72. The number of aryl methyl sites for hydroxylation is 1. The van der Waals surface area contributed by atoms with Gasteiger partial charge in [0.2, 0.25) is 0 Å². The molecule has 0 heterocycles. The number of hydrogen-bond acceptors (Lipinski definition) is 2. The number of alkyl halides is 3. The first-order chi connectivity index (χ1) is 6.80. The van der Waals surface area contributed by atoms with Gasteiger partial charge >= 0.3 is 12.3 Å². The van der Waals surface area contributed by atoms with Crippen molar-refractivity contribution in [1.29, 1.82) is 0 Å². The average molecular weight is 219 g/mol. The van der Waals surface area contributed by atoms with Crippen molar-refractivity contribution in [2.75, 3.05) is 0 Å². The Morgan fingerprint density at radius 2 is 2.00 bits per heavy atom. The van der Waals surface area contributed by atoms with E-state index in [1.807, 2.05) is 0 Å². The van der Waals surface area contributed by atoms with Gasteiger partial charge in [-0.3, -0.25) is 0 Å². The molecule has 0 bridgehead atoms. The lowest BCUT2D eigenvalue weighted by molar-refractivity contribution is -0.137. The van der Waals surface area contributed by atoms with Gasteiger partial charge in [-0.1, -0.05) is 6.07 Å². The van der Waals surface area contributed by atoms with Gasteiger partial charge in [-0.2, -0.15) is 13.2 Å². The third kappa shape index (κ3) is 2.87. The summed E-state index contributed by atoms with van der Waals surface area (Å²) in [6, 6.07) is 2.85. The first kappa shape index (κ1) is 11.4. The Balaban J connectivity index is 3.11. The summed E-state index contributed by atoms with van der Waals surface area (Å²) in [5, 5.41) is 0. The molecule has 1 aromatic rings.